The molecule has 1 heterocycles. The Labute approximate surface area is 71.0 Å². The van der Waals surface area contributed by atoms with Crippen molar-refractivity contribution in [2.24, 2.45) is 5.92 Å². The van der Waals surface area contributed by atoms with Crippen molar-refractivity contribution in [1.82, 2.24) is 5.06 Å². The van der Waals surface area contributed by atoms with E-state index in [1.54, 1.807) is 23.9 Å². The quantitative estimate of drug-likeness (QED) is 0.597. The molecule has 1 aliphatic rings. The Balaban J connectivity index is 2.50. The number of hydrogen-bond acceptors (Lipinski definition) is 4. The van der Waals surface area contributed by atoms with Gasteiger partial charge < -0.3 is 4.84 Å². The Morgan fingerprint density at radius 1 is 1.73 bits per heavy atom. The first-order valence-corrected chi connectivity index (χ1v) is 4.71. The molecule has 1 saturated heterocycles. The molecule has 1 rings (SSSR count). The van der Waals surface area contributed by atoms with E-state index in [0.29, 0.717) is 17.0 Å². The maximum absolute atomic E-state index is 10.8. The highest BCUT2D eigenvalue weighted by molar-refractivity contribution is 8.00. The summed E-state index contributed by atoms with van der Waals surface area (Å²) in [6, 6.07) is 0. The van der Waals surface area contributed by atoms with Gasteiger partial charge >= 0.3 is 5.97 Å². The molecule has 0 aromatic carbocycles. The molecule has 0 spiro atoms. The van der Waals surface area contributed by atoms with E-state index in [1.165, 1.54) is 0 Å². The van der Waals surface area contributed by atoms with Gasteiger partial charge in [0.05, 0.1) is 11.1 Å². The number of thioether (sulfide) groups is 1. The van der Waals surface area contributed by atoms with Crippen LogP contribution in [0.4, 0.5) is 0 Å². The van der Waals surface area contributed by atoms with Gasteiger partial charge in [0.2, 0.25) is 0 Å². The summed E-state index contributed by atoms with van der Waals surface area (Å²) in [4.78, 5) is 15.7. The molecule has 1 fully saturated rings. The zero-order chi connectivity index (χ0) is 8.43. The van der Waals surface area contributed by atoms with E-state index < -0.39 is 0 Å². The van der Waals surface area contributed by atoms with Gasteiger partial charge in [0.1, 0.15) is 0 Å². The van der Waals surface area contributed by atoms with Crippen LogP contribution in [0.25, 0.3) is 0 Å². The molecule has 0 bridgehead atoms. The third-order valence-corrected chi connectivity index (χ3v) is 3.13. The van der Waals surface area contributed by atoms with Crippen LogP contribution in [-0.4, -0.2) is 29.2 Å². The highest BCUT2D eigenvalue weighted by Crippen LogP contribution is 2.26. The molecular weight excluding hydrogens is 162 g/mol. The molecule has 3 nitrogen and oxygen atoms in total. The van der Waals surface area contributed by atoms with E-state index in [2.05, 4.69) is 13.8 Å². The van der Waals surface area contributed by atoms with E-state index in [-0.39, 0.29) is 5.97 Å². The smallest absolute Gasteiger partial charge is 0.334 e. The third-order valence-electron chi connectivity index (χ3n) is 1.55. The standard InChI is InChI=1S/C7H13NO2S/c1-5(2)7-8(3)10-6(9)4-11-7/h5,7H,4H2,1-3H3/t7-/m1/s1. The highest BCUT2D eigenvalue weighted by atomic mass is 32.2. The summed E-state index contributed by atoms with van der Waals surface area (Å²) in [5, 5.41) is 1.95. The summed E-state index contributed by atoms with van der Waals surface area (Å²) in [5.41, 5.74) is 0. The minimum atomic E-state index is -0.144. The van der Waals surface area contributed by atoms with Crippen molar-refractivity contribution in [1.29, 1.82) is 0 Å². The molecule has 0 unspecified atom stereocenters. The summed E-state index contributed by atoms with van der Waals surface area (Å²) in [6.07, 6.45) is 0. The van der Waals surface area contributed by atoms with Crippen molar-refractivity contribution in [2.45, 2.75) is 19.2 Å². The molecule has 0 radical (unpaired) electrons. The molecule has 1 atom stereocenters. The second-order valence-corrected chi connectivity index (χ2v) is 4.06. The van der Waals surface area contributed by atoms with E-state index in [4.69, 9.17) is 4.84 Å². The fraction of sp³-hybridized carbons (Fsp3) is 0.857. The largest absolute Gasteiger partial charge is 0.366 e. The van der Waals surface area contributed by atoms with Gasteiger partial charge in [0, 0.05) is 7.05 Å². The monoisotopic (exact) mass is 175 g/mol. The minimum Gasteiger partial charge on any atom is -0.366 e. The lowest BCUT2D eigenvalue weighted by Gasteiger charge is -2.32. The normalized spacial score (nSPS) is 27.3. The Morgan fingerprint density at radius 3 is 2.82 bits per heavy atom. The van der Waals surface area contributed by atoms with Crippen molar-refractivity contribution in [3.8, 4) is 0 Å². The lowest BCUT2D eigenvalue weighted by Crippen LogP contribution is -2.40. The van der Waals surface area contributed by atoms with Crippen LogP contribution in [0.3, 0.4) is 0 Å². The van der Waals surface area contributed by atoms with Gasteiger partial charge in [-0.3, -0.25) is 0 Å². The lowest BCUT2D eigenvalue weighted by molar-refractivity contribution is -0.188. The van der Waals surface area contributed by atoms with Crippen molar-refractivity contribution in [3.63, 3.8) is 0 Å². The Kier molecular flexibility index (Phi) is 2.78. The summed E-state index contributed by atoms with van der Waals surface area (Å²) >= 11 is 1.64. The maximum atomic E-state index is 10.8. The maximum Gasteiger partial charge on any atom is 0.334 e. The number of hydrogen-bond donors (Lipinski definition) is 0. The second kappa shape index (κ2) is 3.45. The minimum absolute atomic E-state index is 0.144. The van der Waals surface area contributed by atoms with Gasteiger partial charge in [-0.25, -0.2) is 4.79 Å². The average molecular weight is 175 g/mol. The van der Waals surface area contributed by atoms with Crippen LogP contribution in [0.15, 0.2) is 0 Å². The van der Waals surface area contributed by atoms with Crippen LogP contribution < -0.4 is 0 Å². The lowest BCUT2D eigenvalue weighted by atomic mass is 10.2. The zero-order valence-electron chi connectivity index (χ0n) is 7.03. The number of nitrogens with zero attached hydrogens (tertiary/aromatic N) is 1. The Hall–Kier alpha value is -0.220. The summed E-state index contributed by atoms with van der Waals surface area (Å²) in [7, 11) is 1.80. The molecular formula is C7H13NO2S. The van der Waals surface area contributed by atoms with Crippen molar-refractivity contribution in [3.05, 3.63) is 0 Å². The van der Waals surface area contributed by atoms with E-state index in [0.717, 1.165) is 0 Å². The fourth-order valence-electron chi connectivity index (χ4n) is 1.11. The zero-order valence-corrected chi connectivity index (χ0v) is 7.85. The van der Waals surface area contributed by atoms with Crippen LogP contribution in [-0.2, 0) is 9.63 Å². The molecule has 0 aliphatic carbocycles. The molecule has 0 amide bonds. The Morgan fingerprint density at radius 2 is 2.36 bits per heavy atom. The van der Waals surface area contributed by atoms with Crippen LogP contribution in [0, 0.1) is 5.92 Å². The van der Waals surface area contributed by atoms with Gasteiger partial charge in [-0.1, -0.05) is 13.8 Å². The fourth-order valence-corrected chi connectivity index (χ4v) is 2.11. The van der Waals surface area contributed by atoms with Crippen LogP contribution in [0.1, 0.15) is 13.8 Å². The Bertz CT molecular complexity index is 161. The molecule has 11 heavy (non-hydrogen) atoms. The van der Waals surface area contributed by atoms with Gasteiger partial charge in [0.15, 0.2) is 0 Å². The van der Waals surface area contributed by atoms with Crippen LogP contribution >= 0.6 is 11.8 Å². The molecule has 0 saturated carbocycles. The van der Waals surface area contributed by atoms with Gasteiger partial charge in [-0.05, 0) is 5.92 Å². The first-order valence-electron chi connectivity index (χ1n) is 3.66. The molecule has 1 aliphatic heterocycles. The third kappa shape index (κ3) is 2.10. The number of rotatable bonds is 1. The highest BCUT2D eigenvalue weighted by Gasteiger charge is 2.28. The number of carbonyl (C=O) groups is 1. The topological polar surface area (TPSA) is 29.5 Å². The predicted molar refractivity (Wildman–Crippen MR) is 44.9 cm³/mol. The summed E-state index contributed by atoms with van der Waals surface area (Å²) < 4.78 is 0. The summed E-state index contributed by atoms with van der Waals surface area (Å²) in [5.74, 6) is 0.847. The van der Waals surface area contributed by atoms with Crippen LogP contribution in [0.5, 0.6) is 0 Å². The van der Waals surface area contributed by atoms with Gasteiger partial charge in [-0.2, -0.15) is 0 Å². The van der Waals surface area contributed by atoms with Crippen molar-refractivity contribution < 1.29 is 9.63 Å². The molecule has 64 valence electrons. The molecule has 0 aromatic heterocycles. The molecule has 0 aromatic rings. The van der Waals surface area contributed by atoms with E-state index >= 15 is 0 Å². The summed E-state index contributed by atoms with van der Waals surface area (Å²) in [6.45, 7) is 4.24. The van der Waals surface area contributed by atoms with Gasteiger partial charge in [0.25, 0.3) is 0 Å². The molecule has 4 heteroatoms. The predicted octanol–water partition coefficient (Wildman–Crippen LogP) is 1.11. The average Bonchev–Trinajstić information content (AvgIpc) is 1.85. The number of carbonyl (C=O) groups excluding carboxylic acids is 1. The van der Waals surface area contributed by atoms with Crippen molar-refractivity contribution in [2.75, 3.05) is 12.8 Å². The van der Waals surface area contributed by atoms with Crippen molar-refractivity contribution >= 4 is 17.7 Å². The van der Waals surface area contributed by atoms with E-state index in [9.17, 15) is 4.79 Å². The molecule has 0 N–H and O–H groups in total. The van der Waals surface area contributed by atoms with E-state index in [1.807, 2.05) is 0 Å². The van der Waals surface area contributed by atoms with Gasteiger partial charge in [-0.15, -0.1) is 16.8 Å². The first kappa shape index (κ1) is 8.87. The van der Waals surface area contributed by atoms with Crippen LogP contribution in [0.2, 0.25) is 0 Å². The SMILES string of the molecule is CC(C)[C@H]1SCC(=O)ON1C. The second-order valence-electron chi connectivity index (χ2n) is 2.96. The first-order chi connectivity index (χ1) is 5.11. The number of hydroxylamine groups is 2.